The molecule has 0 aliphatic carbocycles. The van der Waals surface area contributed by atoms with Crippen molar-refractivity contribution >= 4 is 33.2 Å². The van der Waals surface area contributed by atoms with Crippen LogP contribution in [0.25, 0.3) is 0 Å². The number of benzene rings is 1. The molecule has 162 valence electrons. The second kappa shape index (κ2) is 10.7. The Morgan fingerprint density at radius 3 is 2.70 bits per heavy atom. The number of ether oxygens (including phenoxy) is 1. The molecule has 0 spiro atoms. The Hall–Kier alpha value is -2.27. The summed E-state index contributed by atoms with van der Waals surface area (Å²) in [5.41, 5.74) is 0.833. The van der Waals surface area contributed by atoms with Gasteiger partial charge in [-0.3, -0.25) is 9.59 Å². The Kier molecular flexibility index (Phi) is 7.97. The molecule has 2 aromatic rings. The Morgan fingerprint density at radius 1 is 1.17 bits per heavy atom. The fourth-order valence-electron chi connectivity index (χ4n) is 3.11. The minimum Gasteiger partial charge on any atom is -0.378 e. The maximum absolute atomic E-state index is 13.3. The highest BCUT2D eigenvalue weighted by molar-refractivity contribution is 7.91. The molecule has 1 atom stereocenters. The molecule has 0 bridgehead atoms. The molecular formula is C20H25N3O5S2. The molecule has 1 aliphatic heterocycles. The first-order valence-electron chi connectivity index (χ1n) is 9.69. The summed E-state index contributed by atoms with van der Waals surface area (Å²) >= 11 is 1.09. The van der Waals surface area contributed by atoms with Crippen LogP contribution in [0.2, 0.25) is 0 Å². The zero-order valence-corrected chi connectivity index (χ0v) is 18.1. The topological polar surface area (TPSA) is 105 Å². The quantitative estimate of drug-likeness (QED) is 0.682. The number of carbonyl (C=O) groups excluding carboxylic acids is 2. The Bertz CT molecular complexity index is 933. The van der Waals surface area contributed by atoms with Crippen molar-refractivity contribution in [3.8, 4) is 0 Å². The molecule has 2 heterocycles. The molecule has 10 heteroatoms. The normalized spacial score (nSPS) is 17.2. The number of nitrogens with one attached hydrogen (secondary N) is 2. The second-order valence-corrected chi connectivity index (χ2v) is 9.72. The largest absolute Gasteiger partial charge is 0.378 e. The molecule has 1 saturated heterocycles. The third-order valence-corrected chi connectivity index (χ3v) is 7.50. The first kappa shape index (κ1) is 22.4. The van der Waals surface area contributed by atoms with E-state index in [0.29, 0.717) is 19.8 Å². The first-order chi connectivity index (χ1) is 14.5. The lowest BCUT2D eigenvalue weighted by Crippen LogP contribution is -2.51. The van der Waals surface area contributed by atoms with Crippen LogP contribution in [0, 0.1) is 0 Å². The van der Waals surface area contributed by atoms with E-state index in [2.05, 4.69) is 10.0 Å². The van der Waals surface area contributed by atoms with Crippen LogP contribution in [0.15, 0.2) is 52.1 Å². The van der Waals surface area contributed by atoms with E-state index in [1.807, 2.05) is 30.3 Å². The first-order valence-corrected chi connectivity index (χ1v) is 12.0. The summed E-state index contributed by atoms with van der Waals surface area (Å²) in [5, 5.41) is 4.40. The minimum absolute atomic E-state index is 0.150. The fourth-order valence-corrected chi connectivity index (χ4v) is 5.31. The molecule has 1 aliphatic rings. The van der Waals surface area contributed by atoms with Gasteiger partial charge in [0.05, 0.1) is 13.2 Å². The summed E-state index contributed by atoms with van der Waals surface area (Å²) in [6.07, 6.45) is 0.356. The SMILES string of the molecule is O=C1CCN(C(=O)[C@@H](Cc2ccccc2)NS(=O)(=O)c2cccs2)CCOCCN1. The molecule has 3 rings (SSSR count). The molecule has 1 aromatic heterocycles. The van der Waals surface area contributed by atoms with E-state index < -0.39 is 16.1 Å². The number of hydrogen-bond acceptors (Lipinski definition) is 6. The highest BCUT2D eigenvalue weighted by Crippen LogP contribution is 2.17. The van der Waals surface area contributed by atoms with Crippen molar-refractivity contribution in [1.29, 1.82) is 0 Å². The second-order valence-electron chi connectivity index (χ2n) is 6.83. The number of carbonyl (C=O) groups is 2. The molecule has 0 saturated carbocycles. The summed E-state index contributed by atoms with van der Waals surface area (Å²) in [6, 6.07) is 11.4. The third kappa shape index (κ3) is 6.36. The Labute approximate surface area is 180 Å². The lowest BCUT2D eigenvalue weighted by atomic mass is 10.1. The minimum atomic E-state index is -3.85. The van der Waals surface area contributed by atoms with Gasteiger partial charge in [0.2, 0.25) is 11.8 Å². The van der Waals surface area contributed by atoms with Crippen molar-refractivity contribution in [2.24, 2.45) is 0 Å². The predicted octanol–water partition coefficient (Wildman–Crippen LogP) is 1.00. The highest BCUT2D eigenvalue weighted by atomic mass is 32.2. The van der Waals surface area contributed by atoms with Crippen molar-refractivity contribution in [3.63, 3.8) is 0 Å². The molecule has 2 amide bonds. The summed E-state index contributed by atoms with van der Waals surface area (Å²) < 4.78 is 33.8. The highest BCUT2D eigenvalue weighted by Gasteiger charge is 2.30. The van der Waals surface area contributed by atoms with E-state index in [1.54, 1.807) is 11.4 Å². The maximum Gasteiger partial charge on any atom is 0.250 e. The van der Waals surface area contributed by atoms with Gasteiger partial charge >= 0.3 is 0 Å². The van der Waals surface area contributed by atoms with Gasteiger partial charge in [-0.15, -0.1) is 11.3 Å². The number of rotatable bonds is 6. The van der Waals surface area contributed by atoms with Crippen LogP contribution < -0.4 is 10.0 Å². The van der Waals surface area contributed by atoms with Crippen LogP contribution in [0.1, 0.15) is 12.0 Å². The number of sulfonamides is 1. The van der Waals surface area contributed by atoms with Crippen molar-refractivity contribution in [3.05, 3.63) is 53.4 Å². The van der Waals surface area contributed by atoms with Crippen LogP contribution in [-0.2, 0) is 30.8 Å². The van der Waals surface area contributed by atoms with Gasteiger partial charge in [0.25, 0.3) is 10.0 Å². The summed E-state index contributed by atoms with van der Waals surface area (Å²) in [4.78, 5) is 26.7. The van der Waals surface area contributed by atoms with Gasteiger partial charge in [-0.25, -0.2) is 8.42 Å². The molecular weight excluding hydrogens is 426 g/mol. The van der Waals surface area contributed by atoms with Crippen LogP contribution in [0.4, 0.5) is 0 Å². The molecule has 1 aromatic carbocycles. The average Bonchev–Trinajstić information content (AvgIpc) is 3.28. The van der Waals surface area contributed by atoms with E-state index >= 15 is 0 Å². The van der Waals surface area contributed by atoms with Crippen LogP contribution in [0.5, 0.6) is 0 Å². The van der Waals surface area contributed by atoms with E-state index in [4.69, 9.17) is 4.74 Å². The van der Waals surface area contributed by atoms with E-state index in [1.165, 1.54) is 11.0 Å². The lowest BCUT2D eigenvalue weighted by molar-refractivity contribution is -0.134. The monoisotopic (exact) mass is 451 g/mol. The van der Waals surface area contributed by atoms with Crippen LogP contribution in [0.3, 0.4) is 0 Å². The number of hydrogen-bond donors (Lipinski definition) is 2. The van der Waals surface area contributed by atoms with Crippen molar-refractivity contribution in [2.75, 3.05) is 32.8 Å². The molecule has 0 radical (unpaired) electrons. The van der Waals surface area contributed by atoms with Crippen molar-refractivity contribution in [1.82, 2.24) is 14.9 Å². The van der Waals surface area contributed by atoms with E-state index in [9.17, 15) is 18.0 Å². The predicted molar refractivity (Wildman–Crippen MR) is 114 cm³/mol. The van der Waals surface area contributed by atoms with Gasteiger partial charge in [-0.1, -0.05) is 36.4 Å². The Morgan fingerprint density at radius 2 is 1.97 bits per heavy atom. The molecule has 30 heavy (non-hydrogen) atoms. The fraction of sp³-hybridized carbons (Fsp3) is 0.400. The number of nitrogens with zero attached hydrogens (tertiary/aromatic N) is 1. The summed E-state index contributed by atoms with van der Waals surface area (Å²) in [6.45, 7) is 1.60. The van der Waals surface area contributed by atoms with Crippen LogP contribution in [-0.4, -0.2) is 64.0 Å². The van der Waals surface area contributed by atoms with Gasteiger partial charge < -0.3 is 15.0 Å². The number of thiophene rings is 1. The third-order valence-electron chi connectivity index (χ3n) is 4.63. The van der Waals surface area contributed by atoms with Gasteiger partial charge in [-0.2, -0.15) is 4.72 Å². The van der Waals surface area contributed by atoms with Gasteiger partial charge in [0.1, 0.15) is 10.3 Å². The standard InChI is InChI=1S/C20H25N3O5S2/c24-18-8-10-23(11-13-28-12-9-21-18)20(25)17(15-16-5-2-1-3-6-16)22-30(26,27)19-7-4-14-29-19/h1-7,14,17,22H,8-13,15H2,(H,21,24)/t17-/m1/s1. The van der Waals surface area contributed by atoms with Crippen LogP contribution >= 0.6 is 11.3 Å². The molecule has 0 unspecified atom stereocenters. The summed E-state index contributed by atoms with van der Waals surface area (Å²) in [7, 11) is -3.85. The average molecular weight is 452 g/mol. The molecule has 1 fully saturated rings. The van der Waals surface area contributed by atoms with Gasteiger partial charge in [0, 0.05) is 26.1 Å². The zero-order chi connectivity index (χ0) is 21.4. The number of amides is 2. The van der Waals surface area contributed by atoms with Crippen molar-refractivity contribution in [2.45, 2.75) is 23.1 Å². The van der Waals surface area contributed by atoms with E-state index in [0.717, 1.165) is 16.9 Å². The van der Waals surface area contributed by atoms with E-state index in [-0.39, 0.29) is 42.0 Å². The van der Waals surface area contributed by atoms with Gasteiger partial charge in [0.15, 0.2) is 0 Å². The van der Waals surface area contributed by atoms with Crippen molar-refractivity contribution < 1.29 is 22.7 Å². The smallest absolute Gasteiger partial charge is 0.250 e. The maximum atomic E-state index is 13.3. The molecule has 8 nitrogen and oxygen atoms in total. The zero-order valence-electron chi connectivity index (χ0n) is 16.5. The lowest BCUT2D eigenvalue weighted by Gasteiger charge is -2.28. The Balaban J connectivity index is 1.81. The molecule has 2 N–H and O–H groups in total. The van der Waals surface area contributed by atoms with Gasteiger partial charge in [-0.05, 0) is 23.4 Å². The summed E-state index contributed by atoms with van der Waals surface area (Å²) in [5.74, 6) is -0.548.